The maximum atomic E-state index is 13.6. The highest BCUT2D eigenvalue weighted by Gasteiger charge is 2.23. The molecule has 0 bridgehead atoms. The molecule has 6 nitrogen and oxygen atoms in total. The highest BCUT2D eigenvalue weighted by atomic mass is 32.1. The smallest absolute Gasteiger partial charge is 0.260 e. The molecule has 0 fully saturated rings. The molecular weight excluding hydrogens is 420 g/mol. The molecule has 2 heterocycles. The summed E-state index contributed by atoms with van der Waals surface area (Å²) < 4.78 is 8.35. The highest BCUT2D eigenvalue weighted by molar-refractivity contribution is 7.22. The molecule has 0 unspecified atom stereocenters. The zero-order valence-electron chi connectivity index (χ0n) is 19.1. The molecular formula is C25H28N4O2S. The third-order valence-corrected chi connectivity index (χ3v) is 6.54. The number of methoxy groups -OCH3 is 1. The first-order chi connectivity index (χ1) is 15.4. The molecule has 4 aromatic rings. The van der Waals surface area contributed by atoms with E-state index in [1.807, 2.05) is 42.8 Å². The van der Waals surface area contributed by atoms with E-state index in [-0.39, 0.29) is 5.91 Å². The molecule has 0 aliphatic heterocycles. The monoisotopic (exact) mass is 448 g/mol. The fourth-order valence-electron chi connectivity index (χ4n) is 3.83. The number of carbonyl (C=O) groups is 1. The van der Waals surface area contributed by atoms with Gasteiger partial charge in [-0.05, 0) is 55.7 Å². The van der Waals surface area contributed by atoms with E-state index in [4.69, 9.17) is 9.72 Å². The number of benzene rings is 2. The van der Waals surface area contributed by atoms with Gasteiger partial charge in [-0.1, -0.05) is 43.4 Å². The first-order valence-corrected chi connectivity index (χ1v) is 11.6. The van der Waals surface area contributed by atoms with E-state index >= 15 is 0 Å². The molecule has 7 heteroatoms. The van der Waals surface area contributed by atoms with Gasteiger partial charge in [-0.3, -0.25) is 14.4 Å². The van der Waals surface area contributed by atoms with Crippen molar-refractivity contribution in [2.24, 2.45) is 0 Å². The molecule has 0 spiro atoms. The third kappa shape index (κ3) is 4.39. The number of nitrogens with zero attached hydrogens (tertiary/aromatic N) is 4. The molecule has 2 aromatic heterocycles. The van der Waals surface area contributed by atoms with Gasteiger partial charge in [0.2, 0.25) is 0 Å². The van der Waals surface area contributed by atoms with Gasteiger partial charge in [-0.15, -0.1) is 0 Å². The Kier molecular flexibility index (Phi) is 6.28. The van der Waals surface area contributed by atoms with Crippen LogP contribution in [0.5, 0.6) is 5.75 Å². The van der Waals surface area contributed by atoms with Gasteiger partial charge in [0.25, 0.3) is 5.91 Å². The van der Waals surface area contributed by atoms with Gasteiger partial charge in [0.15, 0.2) is 5.13 Å². The van der Waals surface area contributed by atoms with Crippen LogP contribution in [0.25, 0.3) is 10.2 Å². The Bertz CT molecular complexity index is 1260. The van der Waals surface area contributed by atoms with E-state index in [1.165, 1.54) is 5.56 Å². The van der Waals surface area contributed by atoms with Gasteiger partial charge in [0.05, 0.1) is 29.6 Å². The molecule has 0 saturated heterocycles. The third-order valence-electron chi connectivity index (χ3n) is 5.49. The maximum Gasteiger partial charge on any atom is 0.260 e. The van der Waals surface area contributed by atoms with Crippen LogP contribution in [0.2, 0.25) is 0 Å². The van der Waals surface area contributed by atoms with Crippen LogP contribution in [0.3, 0.4) is 0 Å². The van der Waals surface area contributed by atoms with Gasteiger partial charge in [-0.2, -0.15) is 5.10 Å². The van der Waals surface area contributed by atoms with E-state index in [1.54, 1.807) is 29.4 Å². The molecule has 0 aliphatic rings. The number of aryl methyl sites for hydroxylation is 2. The average Bonchev–Trinajstić information content (AvgIpc) is 3.35. The summed E-state index contributed by atoms with van der Waals surface area (Å²) in [5, 5.41) is 5.25. The Balaban J connectivity index is 1.74. The zero-order chi connectivity index (χ0) is 22.8. The van der Waals surface area contributed by atoms with Gasteiger partial charge in [0.1, 0.15) is 5.75 Å². The van der Waals surface area contributed by atoms with Gasteiger partial charge in [-0.25, -0.2) is 4.98 Å². The number of rotatable bonds is 7. The van der Waals surface area contributed by atoms with Crippen molar-refractivity contribution >= 4 is 32.6 Å². The van der Waals surface area contributed by atoms with Crippen molar-refractivity contribution in [1.29, 1.82) is 0 Å². The fourth-order valence-corrected chi connectivity index (χ4v) is 4.86. The van der Waals surface area contributed by atoms with Crippen molar-refractivity contribution in [3.63, 3.8) is 0 Å². The number of thiazole rings is 1. The zero-order valence-corrected chi connectivity index (χ0v) is 19.9. The minimum absolute atomic E-state index is 0.101. The normalized spacial score (nSPS) is 11.3. The minimum Gasteiger partial charge on any atom is -0.497 e. The molecule has 1 amide bonds. The first kappa shape index (κ1) is 22.0. The topological polar surface area (TPSA) is 60.2 Å². The number of ether oxygens (including phenoxy) is 1. The van der Waals surface area contributed by atoms with Crippen molar-refractivity contribution in [3.8, 4) is 5.75 Å². The Morgan fingerprint density at radius 1 is 1.16 bits per heavy atom. The van der Waals surface area contributed by atoms with Crippen molar-refractivity contribution in [2.75, 3.05) is 18.6 Å². The number of hydrogen-bond acceptors (Lipinski definition) is 5. The highest BCUT2D eigenvalue weighted by Crippen LogP contribution is 2.34. The number of fused-ring (bicyclic) bond motifs is 1. The number of para-hydroxylation sites is 1. The van der Waals surface area contributed by atoms with Crippen LogP contribution < -0.4 is 9.64 Å². The SMILES string of the molecule is COc1cccc(C(=O)N(CCn2nc(C)cc2C)c2nc3c(C(C)C)cccc3s2)c1. The van der Waals surface area contributed by atoms with Crippen LogP contribution in [0.4, 0.5) is 5.13 Å². The van der Waals surface area contributed by atoms with Crippen LogP contribution in [-0.4, -0.2) is 34.3 Å². The molecule has 0 atom stereocenters. The second-order valence-electron chi connectivity index (χ2n) is 8.18. The summed E-state index contributed by atoms with van der Waals surface area (Å²) >= 11 is 1.55. The molecule has 0 aliphatic carbocycles. The standard InChI is InChI=1S/C25H28N4O2S/c1-16(2)21-10-7-11-22-23(21)26-25(32-22)28(12-13-29-18(4)14-17(3)27-29)24(30)19-8-6-9-20(15-19)31-5/h6-11,14-16H,12-13H2,1-5H3. The molecule has 0 radical (unpaired) electrons. The number of anilines is 1. The number of aromatic nitrogens is 3. The molecule has 2 aromatic carbocycles. The van der Waals surface area contributed by atoms with Crippen molar-refractivity contribution < 1.29 is 9.53 Å². The Labute approximate surface area is 192 Å². The molecule has 0 saturated carbocycles. The van der Waals surface area contributed by atoms with E-state index in [9.17, 15) is 4.79 Å². The largest absolute Gasteiger partial charge is 0.497 e. The maximum absolute atomic E-state index is 13.6. The first-order valence-electron chi connectivity index (χ1n) is 10.7. The van der Waals surface area contributed by atoms with Crippen molar-refractivity contribution in [2.45, 2.75) is 40.2 Å². The Morgan fingerprint density at radius 3 is 2.62 bits per heavy atom. The van der Waals surface area contributed by atoms with Crippen LogP contribution in [0.15, 0.2) is 48.5 Å². The number of hydrogen-bond donors (Lipinski definition) is 0. The van der Waals surface area contributed by atoms with Gasteiger partial charge < -0.3 is 4.74 Å². The summed E-state index contributed by atoms with van der Waals surface area (Å²) in [4.78, 5) is 20.3. The lowest BCUT2D eigenvalue weighted by atomic mass is 10.0. The molecule has 4 rings (SSSR count). The lowest BCUT2D eigenvalue weighted by Crippen LogP contribution is -2.34. The lowest BCUT2D eigenvalue weighted by molar-refractivity contribution is 0.0985. The van der Waals surface area contributed by atoms with Gasteiger partial charge in [0, 0.05) is 17.8 Å². The Hall–Kier alpha value is -3.19. The second kappa shape index (κ2) is 9.12. The minimum atomic E-state index is -0.101. The lowest BCUT2D eigenvalue weighted by Gasteiger charge is -2.20. The molecule has 0 N–H and O–H groups in total. The summed E-state index contributed by atoms with van der Waals surface area (Å²) in [7, 11) is 1.60. The van der Waals surface area contributed by atoms with Crippen LogP contribution in [0.1, 0.15) is 47.1 Å². The predicted molar refractivity (Wildman–Crippen MR) is 130 cm³/mol. The predicted octanol–water partition coefficient (Wildman–Crippen LogP) is 5.59. The summed E-state index contributed by atoms with van der Waals surface area (Å²) in [5.74, 6) is 0.905. The van der Waals surface area contributed by atoms with E-state index in [0.717, 1.165) is 21.6 Å². The van der Waals surface area contributed by atoms with Crippen LogP contribution in [-0.2, 0) is 6.54 Å². The summed E-state index contributed by atoms with van der Waals surface area (Å²) in [6.45, 7) is 9.38. The van der Waals surface area contributed by atoms with Crippen molar-refractivity contribution in [1.82, 2.24) is 14.8 Å². The number of amides is 1. The fraction of sp³-hybridized carbons (Fsp3) is 0.320. The second-order valence-corrected chi connectivity index (χ2v) is 9.19. The van der Waals surface area contributed by atoms with Crippen LogP contribution >= 0.6 is 11.3 Å². The van der Waals surface area contributed by atoms with Crippen molar-refractivity contribution in [3.05, 3.63) is 71.0 Å². The number of carbonyl (C=O) groups excluding carboxylic acids is 1. The van der Waals surface area contributed by atoms with E-state index in [2.05, 4.69) is 37.1 Å². The van der Waals surface area contributed by atoms with E-state index < -0.39 is 0 Å². The molecule has 166 valence electrons. The summed E-state index contributed by atoms with van der Waals surface area (Å²) in [6.07, 6.45) is 0. The Morgan fingerprint density at radius 2 is 1.94 bits per heavy atom. The van der Waals surface area contributed by atoms with Gasteiger partial charge >= 0.3 is 0 Å². The van der Waals surface area contributed by atoms with Crippen LogP contribution in [0, 0.1) is 13.8 Å². The van der Waals surface area contributed by atoms with E-state index in [0.29, 0.717) is 35.5 Å². The summed E-state index contributed by atoms with van der Waals surface area (Å²) in [6, 6.07) is 15.5. The molecule has 32 heavy (non-hydrogen) atoms. The summed E-state index contributed by atoms with van der Waals surface area (Å²) in [5.41, 5.74) is 4.77. The quantitative estimate of drug-likeness (QED) is 0.370. The average molecular weight is 449 g/mol.